The van der Waals surface area contributed by atoms with Gasteiger partial charge in [0.2, 0.25) is 0 Å². The van der Waals surface area contributed by atoms with E-state index in [1.165, 1.54) is 17.8 Å². The van der Waals surface area contributed by atoms with Gasteiger partial charge in [0.05, 0.1) is 4.90 Å². The summed E-state index contributed by atoms with van der Waals surface area (Å²) in [5.74, 6) is -0.334. The summed E-state index contributed by atoms with van der Waals surface area (Å²) in [5, 5.41) is 10.3. The Kier molecular flexibility index (Phi) is 9.28. The number of aromatic carboxylic acids is 1. The van der Waals surface area contributed by atoms with Gasteiger partial charge in [-0.15, -0.1) is 11.8 Å². The van der Waals surface area contributed by atoms with Crippen LogP contribution in [0.15, 0.2) is 88.8 Å². The molecule has 3 aromatic carbocycles. The predicted octanol–water partition coefficient (Wildman–Crippen LogP) is 5.59. The Balaban J connectivity index is 1.55. The van der Waals surface area contributed by atoms with Crippen molar-refractivity contribution in [3.8, 4) is 11.1 Å². The molecule has 1 amide bonds. The van der Waals surface area contributed by atoms with Crippen LogP contribution in [-0.2, 0) is 34.3 Å². The first-order chi connectivity index (χ1) is 19.2. The van der Waals surface area contributed by atoms with E-state index in [4.69, 9.17) is 4.74 Å². The number of sulfonamides is 1. The van der Waals surface area contributed by atoms with Crippen LogP contribution in [0.1, 0.15) is 40.8 Å². The van der Waals surface area contributed by atoms with Crippen LogP contribution in [0.5, 0.6) is 0 Å². The van der Waals surface area contributed by atoms with Crippen molar-refractivity contribution in [2.45, 2.75) is 42.8 Å². The lowest BCUT2D eigenvalue weighted by Crippen LogP contribution is -2.31. The van der Waals surface area contributed by atoms with Crippen molar-refractivity contribution in [3.05, 3.63) is 102 Å². The largest absolute Gasteiger partial charge is 0.476 e. The lowest BCUT2D eigenvalue weighted by molar-refractivity contribution is 0.0681. The highest BCUT2D eigenvalue weighted by atomic mass is 32.2. The number of hydrogen-bond acceptors (Lipinski definition) is 7. The number of benzene rings is 3. The number of aryl methyl sites for hydroxylation is 1. The van der Waals surface area contributed by atoms with Crippen molar-refractivity contribution in [2.24, 2.45) is 0 Å². The summed E-state index contributed by atoms with van der Waals surface area (Å²) >= 11 is 1.30. The van der Waals surface area contributed by atoms with Crippen LogP contribution in [0.3, 0.4) is 0 Å². The molecule has 0 radical (unpaired) electrons. The molecule has 0 fully saturated rings. The van der Waals surface area contributed by atoms with E-state index in [1.54, 1.807) is 65.4 Å². The number of carbonyl (C=O) groups is 2. The number of nitrogens with zero attached hydrogens (tertiary/aromatic N) is 2. The summed E-state index contributed by atoms with van der Waals surface area (Å²) in [4.78, 5) is 28.7. The number of nitrogens with one attached hydrogen (secondary N) is 1. The third-order valence-corrected chi connectivity index (χ3v) is 8.14. The number of carboxylic acid groups (broad SMARTS) is 1. The quantitative estimate of drug-likeness (QED) is 0.220. The van der Waals surface area contributed by atoms with Crippen LogP contribution in [0.25, 0.3) is 11.1 Å². The molecule has 9 nitrogen and oxygen atoms in total. The topological polar surface area (TPSA) is 128 Å². The van der Waals surface area contributed by atoms with E-state index >= 15 is 0 Å². The van der Waals surface area contributed by atoms with Crippen LogP contribution < -0.4 is 4.72 Å². The molecule has 11 heteroatoms. The Hall–Kier alpha value is -4.09. The molecule has 0 bridgehead atoms. The molecule has 1 aromatic heterocycles. The van der Waals surface area contributed by atoms with E-state index in [1.807, 2.05) is 29.8 Å². The van der Waals surface area contributed by atoms with Crippen molar-refractivity contribution in [2.75, 3.05) is 6.26 Å². The number of ether oxygens (including phenoxy) is 1. The van der Waals surface area contributed by atoms with Gasteiger partial charge in [0.1, 0.15) is 17.5 Å². The van der Waals surface area contributed by atoms with Crippen LogP contribution in [0.2, 0.25) is 0 Å². The average molecular weight is 580 g/mol. The molecule has 1 heterocycles. The van der Waals surface area contributed by atoms with Gasteiger partial charge < -0.3 is 14.4 Å². The standard InChI is InChI=1S/C29H29N3O6S2/c1-3-9-25-30-27(39-2)26(28(33)34)32(25)18-20-14-16-22(17-15-20)23-12-7-8-13-24(23)40(36,37)31-29(35)38-19-21-10-5-4-6-11-21/h4-8,10-17H,3,9,18-19H2,1-2H3,(H,31,35)(H,33,34). The van der Waals surface area contributed by atoms with Gasteiger partial charge in [0, 0.05) is 18.5 Å². The molecule has 0 aliphatic rings. The smallest absolute Gasteiger partial charge is 0.421 e. The minimum atomic E-state index is -4.23. The first kappa shape index (κ1) is 28.9. The molecule has 0 aliphatic carbocycles. The molecule has 0 saturated heterocycles. The molecule has 4 aromatic rings. The van der Waals surface area contributed by atoms with Crippen LogP contribution in [-0.4, -0.2) is 41.4 Å². The Morgan fingerprint density at radius 2 is 1.65 bits per heavy atom. The molecule has 0 saturated carbocycles. The monoisotopic (exact) mass is 579 g/mol. The molecule has 0 atom stereocenters. The van der Waals surface area contributed by atoms with E-state index in [0.717, 1.165) is 17.5 Å². The molecule has 4 rings (SSSR count). The van der Waals surface area contributed by atoms with Gasteiger partial charge in [0.15, 0.2) is 5.69 Å². The first-order valence-electron chi connectivity index (χ1n) is 12.5. The fraction of sp³-hybridized carbons (Fsp3) is 0.207. The number of carbonyl (C=O) groups excluding carboxylic acids is 1. The maximum absolute atomic E-state index is 13.1. The van der Waals surface area contributed by atoms with Gasteiger partial charge in [0.25, 0.3) is 10.0 Å². The van der Waals surface area contributed by atoms with E-state index in [9.17, 15) is 23.1 Å². The zero-order valence-corrected chi connectivity index (χ0v) is 23.7. The van der Waals surface area contributed by atoms with Gasteiger partial charge in [-0.25, -0.2) is 27.7 Å². The number of carboxylic acids is 1. The van der Waals surface area contributed by atoms with Crippen LogP contribution in [0, 0.1) is 0 Å². The van der Waals surface area contributed by atoms with Crippen molar-refractivity contribution in [3.63, 3.8) is 0 Å². The van der Waals surface area contributed by atoms with Crippen molar-refractivity contribution in [1.82, 2.24) is 14.3 Å². The van der Waals surface area contributed by atoms with Gasteiger partial charge >= 0.3 is 12.1 Å². The van der Waals surface area contributed by atoms with Gasteiger partial charge in [-0.1, -0.05) is 79.7 Å². The molecular formula is C29H29N3O6S2. The lowest BCUT2D eigenvalue weighted by Gasteiger charge is -2.13. The second-order valence-corrected chi connectivity index (χ2v) is 11.3. The highest BCUT2D eigenvalue weighted by molar-refractivity contribution is 7.98. The Bertz CT molecular complexity index is 1600. The van der Waals surface area contributed by atoms with Gasteiger partial charge in [-0.2, -0.15) is 0 Å². The molecule has 0 unspecified atom stereocenters. The van der Waals surface area contributed by atoms with E-state index in [2.05, 4.69) is 4.98 Å². The molecular weight excluding hydrogens is 550 g/mol. The molecule has 2 N–H and O–H groups in total. The van der Waals surface area contributed by atoms with Crippen LogP contribution >= 0.6 is 11.8 Å². The predicted molar refractivity (Wildman–Crippen MR) is 153 cm³/mol. The number of rotatable bonds is 11. The highest BCUT2D eigenvalue weighted by Crippen LogP contribution is 2.29. The zero-order valence-electron chi connectivity index (χ0n) is 22.0. The molecule has 208 valence electrons. The number of imidazole rings is 1. The maximum Gasteiger partial charge on any atom is 0.421 e. The molecule has 40 heavy (non-hydrogen) atoms. The van der Waals surface area contributed by atoms with Crippen molar-refractivity contribution >= 4 is 33.8 Å². The van der Waals surface area contributed by atoms with E-state index in [0.29, 0.717) is 34.9 Å². The SMILES string of the molecule is CCCc1nc(SC)c(C(=O)O)n1Cc1ccc(-c2ccccc2S(=O)(=O)NC(=O)OCc2ccccc2)cc1. The summed E-state index contributed by atoms with van der Waals surface area (Å²) < 4.78 is 35.0. The van der Waals surface area contributed by atoms with E-state index < -0.39 is 22.1 Å². The average Bonchev–Trinajstić information content (AvgIpc) is 3.30. The minimum Gasteiger partial charge on any atom is -0.476 e. The summed E-state index contributed by atoms with van der Waals surface area (Å²) in [7, 11) is -4.23. The molecule has 0 aliphatic heterocycles. The van der Waals surface area contributed by atoms with Crippen molar-refractivity contribution < 1.29 is 27.9 Å². The second-order valence-electron chi connectivity index (χ2n) is 8.89. The Labute approximate surface area is 237 Å². The second kappa shape index (κ2) is 12.8. The minimum absolute atomic E-state index is 0.0653. The third-order valence-electron chi connectivity index (χ3n) is 6.10. The maximum atomic E-state index is 13.1. The van der Waals surface area contributed by atoms with Gasteiger partial charge in [-0.05, 0) is 35.4 Å². The molecule has 0 spiro atoms. The number of amides is 1. The Morgan fingerprint density at radius 1 is 0.975 bits per heavy atom. The fourth-order valence-corrected chi connectivity index (χ4v) is 5.95. The number of hydrogen-bond donors (Lipinski definition) is 2. The number of aromatic nitrogens is 2. The normalized spacial score (nSPS) is 11.2. The zero-order chi connectivity index (χ0) is 28.7. The Morgan fingerprint density at radius 3 is 2.30 bits per heavy atom. The van der Waals surface area contributed by atoms with Crippen molar-refractivity contribution in [1.29, 1.82) is 0 Å². The van der Waals surface area contributed by atoms with Gasteiger partial charge in [-0.3, -0.25) is 0 Å². The summed E-state index contributed by atoms with van der Waals surface area (Å²) in [5.41, 5.74) is 2.74. The number of thioether (sulfide) groups is 1. The summed E-state index contributed by atoms with van der Waals surface area (Å²) in [6, 6.07) is 22.5. The van der Waals surface area contributed by atoms with Crippen LogP contribution in [0.4, 0.5) is 4.79 Å². The fourth-order valence-electron chi connectivity index (χ4n) is 4.24. The third kappa shape index (κ3) is 6.72. The first-order valence-corrected chi connectivity index (χ1v) is 15.2. The van der Waals surface area contributed by atoms with E-state index in [-0.39, 0.29) is 17.2 Å². The highest BCUT2D eigenvalue weighted by Gasteiger charge is 2.24. The summed E-state index contributed by atoms with van der Waals surface area (Å²) in [6.45, 7) is 2.25. The summed E-state index contributed by atoms with van der Waals surface area (Å²) in [6.07, 6.45) is 2.19. The lowest BCUT2D eigenvalue weighted by atomic mass is 10.0.